The monoisotopic (exact) mass is 350 g/mol. The topological polar surface area (TPSA) is 17.1 Å². The molecule has 0 radical (unpaired) electrons. The van der Waals surface area contributed by atoms with E-state index in [1.807, 2.05) is 12.1 Å². The number of rotatable bonds is 3. The van der Waals surface area contributed by atoms with Crippen molar-refractivity contribution in [2.24, 2.45) is 5.41 Å². The fourth-order valence-electron chi connectivity index (χ4n) is 1.33. The van der Waals surface area contributed by atoms with Gasteiger partial charge in [-0.15, -0.1) is 0 Å². The average molecular weight is 351 g/mol. The molecule has 0 saturated carbocycles. The molecule has 0 aliphatic carbocycles. The number of carbonyl (C=O) groups excluding carboxylic acids is 1. The fourth-order valence-corrected chi connectivity index (χ4v) is 2.14. The molecule has 0 atom stereocenters. The van der Waals surface area contributed by atoms with Crippen molar-refractivity contribution in [3.05, 3.63) is 32.4 Å². The second kappa shape index (κ2) is 5.50. The van der Waals surface area contributed by atoms with Crippen LogP contribution in [0.25, 0.3) is 0 Å². The molecule has 88 valence electrons. The van der Waals surface area contributed by atoms with Crippen molar-refractivity contribution < 1.29 is 4.79 Å². The minimum Gasteiger partial charge on any atom is -0.294 e. The van der Waals surface area contributed by atoms with Crippen molar-refractivity contribution in [1.82, 2.24) is 0 Å². The van der Waals surface area contributed by atoms with Crippen LogP contribution >= 0.6 is 34.2 Å². The predicted molar refractivity (Wildman–Crippen MR) is 77.2 cm³/mol. The van der Waals surface area contributed by atoms with Gasteiger partial charge >= 0.3 is 0 Å². The average Bonchev–Trinajstić information content (AvgIpc) is 2.17. The Morgan fingerprint density at radius 2 is 2.00 bits per heavy atom. The lowest BCUT2D eigenvalue weighted by Gasteiger charge is -2.17. The maximum atomic E-state index is 12.0. The second-order valence-corrected chi connectivity index (χ2v) is 6.71. The number of benzene rings is 1. The van der Waals surface area contributed by atoms with Gasteiger partial charge in [-0.1, -0.05) is 32.4 Å². The van der Waals surface area contributed by atoms with Crippen molar-refractivity contribution in [2.75, 3.05) is 0 Å². The van der Waals surface area contributed by atoms with Crippen LogP contribution in [0.4, 0.5) is 0 Å². The normalized spacial score (nSPS) is 11.6. The molecule has 0 spiro atoms. The highest BCUT2D eigenvalue weighted by atomic mass is 127. The van der Waals surface area contributed by atoms with Gasteiger partial charge in [0.05, 0.1) is 0 Å². The van der Waals surface area contributed by atoms with Crippen molar-refractivity contribution in [2.45, 2.75) is 33.6 Å². The van der Waals surface area contributed by atoms with E-state index in [1.54, 1.807) is 6.07 Å². The molecular formula is C13H16ClIO. The van der Waals surface area contributed by atoms with Crippen LogP contribution in [0.3, 0.4) is 0 Å². The third-order valence-corrected chi connectivity index (χ3v) is 3.51. The molecule has 0 bridgehead atoms. The van der Waals surface area contributed by atoms with Crippen LogP contribution in [0.5, 0.6) is 0 Å². The Morgan fingerprint density at radius 1 is 1.38 bits per heavy atom. The van der Waals surface area contributed by atoms with Crippen molar-refractivity contribution >= 4 is 40.0 Å². The van der Waals surface area contributed by atoms with Gasteiger partial charge in [0.25, 0.3) is 0 Å². The van der Waals surface area contributed by atoms with Crippen LogP contribution in [0.1, 0.15) is 44.0 Å². The van der Waals surface area contributed by atoms with E-state index in [1.165, 1.54) is 0 Å². The van der Waals surface area contributed by atoms with Crippen LogP contribution < -0.4 is 0 Å². The Bertz CT molecular complexity index is 393. The largest absolute Gasteiger partial charge is 0.294 e. The molecule has 0 N–H and O–H groups in total. The van der Waals surface area contributed by atoms with E-state index >= 15 is 0 Å². The molecule has 0 fully saturated rings. The highest BCUT2D eigenvalue weighted by molar-refractivity contribution is 14.1. The first-order chi connectivity index (χ1) is 7.29. The molecule has 0 amide bonds. The quantitative estimate of drug-likeness (QED) is 0.556. The molecule has 0 saturated heterocycles. The van der Waals surface area contributed by atoms with Crippen molar-refractivity contribution in [1.29, 1.82) is 0 Å². The molecule has 0 aliphatic rings. The van der Waals surface area contributed by atoms with E-state index in [9.17, 15) is 4.79 Å². The Balaban J connectivity index is 2.77. The first-order valence-corrected chi connectivity index (χ1v) is 6.73. The summed E-state index contributed by atoms with van der Waals surface area (Å²) in [5.41, 5.74) is 0.942. The van der Waals surface area contributed by atoms with Gasteiger partial charge in [-0.2, -0.15) is 0 Å². The Hall–Kier alpha value is -0.0900. The van der Waals surface area contributed by atoms with E-state index in [2.05, 4.69) is 43.4 Å². The van der Waals surface area contributed by atoms with Gasteiger partial charge < -0.3 is 0 Å². The Morgan fingerprint density at radius 3 is 2.56 bits per heavy atom. The van der Waals surface area contributed by atoms with Gasteiger partial charge in [0.1, 0.15) is 0 Å². The number of hydrogen-bond acceptors (Lipinski definition) is 1. The van der Waals surface area contributed by atoms with Crippen LogP contribution in [-0.4, -0.2) is 5.78 Å². The van der Waals surface area contributed by atoms with E-state index in [-0.39, 0.29) is 11.2 Å². The maximum absolute atomic E-state index is 12.0. The molecule has 0 heterocycles. The molecule has 1 rings (SSSR count). The predicted octanol–water partition coefficient (Wildman–Crippen LogP) is 4.95. The van der Waals surface area contributed by atoms with Crippen LogP contribution in [-0.2, 0) is 0 Å². The molecule has 1 aromatic rings. The lowest BCUT2D eigenvalue weighted by Crippen LogP contribution is -2.10. The summed E-state index contributed by atoms with van der Waals surface area (Å²) in [7, 11) is 0. The van der Waals surface area contributed by atoms with Gasteiger partial charge in [-0.05, 0) is 52.6 Å². The minimum absolute atomic E-state index is 0.182. The summed E-state index contributed by atoms with van der Waals surface area (Å²) in [5.74, 6) is 0.182. The SMILES string of the molecule is CC(C)(C)CCC(=O)c1cc(Cl)ccc1I. The lowest BCUT2D eigenvalue weighted by molar-refractivity contribution is 0.0965. The van der Waals surface area contributed by atoms with Crippen LogP contribution in [0, 0.1) is 8.99 Å². The van der Waals surface area contributed by atoms with Crippen molar-refractivity contribution in [3.63, 3.8) is 0 Å². The molecular weight excluding hydrogens is 334 g/mol. The number of halogens is 2. The molecule has 16 heavy (non-hydrogen) atoms. The first kappa shape index (κ1) is 14.0. The summed E-state index contributed by atoms with van der Waals surface area (Å²) >= 11 is 8.07. The van der Waals surface area contributed by atoms with Crippen LogP contribution in [0.15, 0.2) is 18.2 Å². The highest BCUT2D eigenvalue weighted by Crippen LogP contribution is 2.24. The first-order valence-electron chi connectivity index (χ1n) is 5.28. The third-order valence-electron chi connectivity index (χ3n) is 2.33. The van der Waals surface area contributed by atoms with Gasteiger partial charge in [0.2, 0.25) is 0 Å². The van der Waals surface area contributed by atoms with E-state index in [4.69, 9.17) is 11.6 Å². The van der Waals surface area contributed by atoms with Gasteiger partial charge in [-0.3, -0.25) is 4.79 Å². The number of hydrogen-bond donors (Lipinski definition) is 0. The zero-order valence-electron chi connectivity index (χ0n) is 9.81. The fraction of sp³-hybridized carbons (Fsp3) is 0.462. The molecule has 0 aromatic heterocycles. The summed E-state index contributed by atoms with van der Waals surface area (Å²) < 4.78 is 0.973. The molecule has 3 heteroatoms. The highest BCUT2D eigenvalue weighted by Gasteiger charge is 2.15. The summed E-state index contributed by atoms with van der Waals surface area (Å²) in [5, 5.41) is 0.625. The Labute approximate surface area is 116 Å². The molecule has 0 aliphatic heterocycles. The Kier molecular flexibility index (Phi) is 4.80. The molecule has 0 unspecified atom stereocenters. The zero-order valence-corrected chi connectivity index (χ0v) is 12.7. The van der Waals surface area contributed by atoms with E-state index in [0.717, 1.165) is 15.6 Å². The minimum atomic E-state index is 0.182. The maximum Gasteiger partial charge on any atom is 0.164 e. The second-order valence-electron chi connectivity index (χ2n) is 5.11. The number of carbonyl (C=O) groups is 1. The summed E-state index contributed by atoms with van der Waals surface area (Å²) in [4.78, 5) is 12.0. The summed E-state index contributed by atoms with van der Waals surface area (Å²) in [6.07, 6.45) is 1.48. The summed E-state index contributed by atoms with van der Waals surface area (Å²) in [6.45, 7) is 6.43. The number of ketones is 1. The number of Topliss-reactive ketones (excluding diaryl/α,β-unsaturated/α-hetero) is 1. The van der Waals surface area contributed by atoms with Gasteiger partial charge in [-0.25, -0.2) is 0 Å². The third kappa shape index (κ3) is 4.42. The van der Waals surface area contributed by atoms with Crippen LogP contribution in [0.2, 0.25) is 5.02 Å². The molecule has 1 aromatic carbocycles. The van der Waals surface area contributed by atoms with E-state index < -0.39 is 0 Å². The van der Waals surface area contributed by atoms with Crippen molar-refractivity contribution in [3.8, 4) is 0 Å². The van der Waals surface area contributed by atoms with Gasteiger partial charge in [0, 0.05) is 20.6 Å². The lowest BCUT2D eigenvalue weighted by atomic mass is 9.88. The zero-order chi connectivity index (χ0) is 12.3. The van der Waals surface area contributed by atoms with Gasteiger partial charge in [0.15, 0.2) is 5.78 Å². The smallest absolute Gasteiger partial charge is 0.164 e. The molecule has 1 nitrogen and oxygen atoms in total. The van der Waals surface area contributed by atoms with E-state index in [0.29, 0.717) is 11.4 Å². The standard InChI is InChI=1S/C13H16ClIO/c1-13(2,3)7-6-12(16)10-8-9(14)4-5-11(10)15/h4-5,8H,6-7H2,1-3H3. The summed E-state index contributed by atoms with van der Waals surface area (Å²) in [6, 6.07) is 5.45.